The fourth-order valence-electron chi connectivity index (χ4n) is 2.88. The lowest BCUT2D eigenvalue weighted by Crippen LogP contribution is -2.27. The monoisotopic (exact) mass is 288 g/mol. The van der Waals surface area contributed by atoms with E-state index in [1.807, 2.05) is 18.2 Å². The molecule has 1 aliphatic carbocycles. The Kier molecular flexibility index (Phi) is 5.52. The summed E-state index contributed by atoms with van der Waals surface area (Å²) in [4.78, 5) is 0. The summed E-state index contributed by atoms with van der Waals surface area (Å²) in [5.74, 6) is 4.59. The molecule has 0 aromatic heterocycles. The van der Waals surface area contributed by atoms with Crippen LogP contribution in [0.15, 0.2) is 18.2 Å². The summed E-state index contributed by atoms with van der Waals surface area (Å²) in [6.45, 7) is 0.685. The first-order valence-corrected chi connectivity index (χ1v) is 7.55. The molecule has 1 saturated carbocycles. The van der Waals surface area contributed by atoms with Crippen molar-refractivity contribution in [2.24, 2.45) is 0 Å². The molecule has 1 aromatic rings. The third kappa shape index (κ3) is 3.92. The zero-order valence-electron chi connectivity index (χ0n) is 13.0. The Morgan fingerprint density at radius 1 is 1.19 bits per heavy atom. The highest BCUT2D eigenvalue weighted by atomic mass is 16.5. The molecule has 0 N–H and O–H groups in total. The van der Waals surface area contributed by atoms with Gasteiger partial charge in [0.2, 0.25) is 0 Å². The van der Waals surface area contributed by atoms with Gasteiger partial charge in [-0.05, 0) is 62.3 Å². The second-order valence-electron chi connectivity index (χ2n) is 5.48. The Morgan fingerprint density at radius 2 is 1.95 bits per heavy atom. The molecule has 3 nitrogen and oxygen atoms in total. The predicted octanol–water partition coefficient (Wildman–Crippen LogP) is 3.60. The Hall–Kier alpha value is -1.66. The second kappa shape index (κ2) is 7.38. The largest absolute Gasteiger partial charge is 0.497 e. The normalized spacial score (nSPS) is 16.4. The molecule has 0 heterocycles. The summed E-state index contributed by atoms with van der Waals surface area (Å²) in [5, 5.41) is 0. The van der Waals surface area contributed by atoms with E-state index < -0.39 is 0 Å². The third-order valence-electron chi connectivity index (χ3n) is 4.13. The highest BCUT2D eigenvalue weighted by molar-refractivity contribution is 5.40. The van der Waals surface area contributed by atoms with Gasteiger partial charge in [0.1, 0.15) is 17.1 Å². The Balaban J connectivity index is 1.87. The van der Waals surface area contributed by atoms with Crippen LogP contribution in [-0.4, -0.2) is 26.4 Å². The molecule has 0 amide bonds. The van der Waals surface area contributed by atoms with Crippen molar-refractivity contribution < 1.29 is 14.2 Å². The molecule has 0 bridgehead atoms. The maximum Gasteiger partial charge on any atom is 0.128 e. The van der Waals surface area contributed by atoms with E-state index in [9.17, 15) is 0 Å². The molecule has 1 fully saturated rings. The van der Waals surface area contributed by atoms with Gasteiger partial charge in [0, 0.05) is 6.61 Å². The Morgan fingerprint density at radius 3 is 2.57 bits per heavy atom. The minimum absolute atomic E-state index is 0.307. The topological polar surface area (TPSA) is 27.7 Å². The van der Waals surface area contributed by atoms with Crippen molar-refractivity contribution in [1.82, 2.24) is 0 Å². The summed E-state index contributed by atoms with van der Waals surface area (Å²) in [7, 11) is 3.36. The Bertz CT molecular complexity index is 496. The van der Waals surface area contributed by atoms with Gasteiger partial charge in [-0.25, -0.2) is 0 Å². The van der Waals surface area contributed by atoms with Crippen LogP contribution >= 0.6 is 0 Å². The van der Waals surface area contributed by atoms with Crippen LogP contribution in [0.1, 0.15) is 37.7 Å². The van der Waals surface area contributed by atoms with Crippen LogP contribution in [0.25, 0.3) is 0 Å². The van der Waals surface area contributed by atoms with Crippen LogP contribution in [-0.2, 0) is 11.2 Å². The van der Waals surface area contributed by atoms with Gasteiger partial charge in [0.25, 0.3) is 0 Å². The van der Waals surface area contributed by atoms with Crippen LogP contribution in [0.3, 0.4) is 0 Å². The van der Waals surface area contributed by atoms with Crippen molar-refractivity contribution in [3.63, 3.8) is 0 Å². The number of aryl methyl sites for hydroxylation is 1. The molecule has 0 aliphatic heterocycles. The van der Waals surface area contributed by atoms with E-state index in [-0.39, 0.29) is 5.60 Å². The fourth-order valence-corrected chi connectivity index (χ4v) is 2.88. The van der Waals surface area contributed by atoms with Gasteiger partial charge < -0.3 is 14.2 Å². The molecule has 2 rings (SSSR count). The minimum Gasteiger partial charge on any atom is -0.497 e. The summed E-state index contributed by atoms with van der Waals surface area (Å²) in [6, 6.07) is 5.87. The van der Waals surface area contributed by atoms with E-state index in [1.165, 1.54) is 12.8 Å². The summed E-state index contributed by atoms with van der Waals surface area (Å²) < 4.78 is 16.6. The predicted molar refractivity (Wildman–Crippen MR) is 83.9 cm³/mol. The van der Waals surface area contributed by atoms with Crippen molar-refractivity contribution in [1.29, 1.82) is 0 Å². The van der Waals surface area contributed by atoms with E-state index in [4.69, 9.17) is 20.6 Å². The molecular formula is C18H24O3. The minimum atomic E-state index is -0.307. The van der Waals surface area contributed by atoms with Crippen molar-refractivity contribution >= 4 is 0 Å². The molecule has 1 aliphatic rings. The average molecular weight is 288 g/mol. The summed E-state index contributed by atoms with van der Waals surface area (Å²) in [5.41, 5.74) is 0.833. The molecule has 21 heavy (non-hydrogen) atoms. The van der Waals surface area contributed by atoms with Gasteiger partial charge in [-0.3, -0.25) is 0 Å². The number of benzene rings is 1. The zero-order chi connectivity index (χ0) is 15.1. The zero-order valence-corrected chi connectivity index (χ0v) is 13.0. The van der Waals surface area contributed by atoms with E-state index in [1.54, 1.807) is 14.2 Å². The third-order valence-corrected chi connectivity index (χ3v) is 4.13. The van der Waals surface area contributed by atoms with E-state index in [2.05, 4.69) is 5.92 Å². The van der Waals surface area contributed by atoms with Crippen LogP contribution in [0, 0.1) is 12.3 Å². The highest BCUT2D eigenvalue weighted by Gasteiger charge is 2.32. The maximum atomic E-state index is 5.98. The number of methoxy groups -OCH3 is 2. The molecule has 0 unspecified atom stereocenters. The van der Waals surface area contributed by atoms with E-state index >= 15 is 0 Å². The SMILES string of the molecule is C#CC1(OCCCc2cc(OC)ccc2OC)CCCC1. The number of ether oxygens (including phenoxy) is 3. The van der Waals surface area contributed by atoms with Crippen LogP contribution in [0.5, 0.6) is 11.5 Å². The highest BCUT2D eigenvalue weighted by Crippen LogP contribution is 2.33. The van der Waals surface area contributed by atoms with Crippen LogP contribution in [0.2, 0.25) is 0 Å². The Labute approximate surface area is 127 Å². The molecule has 0 spiro atoms. The van der Waals surface area contributed by atoms with E-state index in [0.717, 1.165) is 42.7 Å². The second-order valence-corrected chi connectivity index (χ2v) is 5.48. The molecule has 114 valence electrons. The van der Waals surface area contributed by atoms with Crippen LogP contribution < -0.4 is 9.47 Å². The lowest BCUT2D eigenvalue weighted by Gasteiger charge is -2.23. The van der Waals surface area contributed by atoms with Crippen molar-refractivity contribution in [2.75, 3.05) is 20.8 Å². The molecule has 0 saturated heterocycles. The van der Waals surface area contributed by atoms with Gasteiger partial charge in [-0.1, -0.05) is 5.92 Å². The summed E-state index contributed by atoms with van der Waals surface area (Å²) >= 11 is 0. The maximum absolute atomic E-state index is 5.98. The summed E-state index contributed by atoms with van der Waals surface area (Å²) in [6.07, 6.45) is 11.8. The molecule has 1 aromatic carbocycles. The fraction of sp³-hybridized carbons (Fsp3) is 0.556. The lowest BCUT2D eigenvalue weighted by atomic mass is 10.0. The molecule has 0 radical (unpaired) electrons. The van der Waals surface area contributed by atoms with Gasteiger partial charge in [-0.15, -0.1) is 6.42 Å². The average Bonchev–Trinajstić information content (AvgIpc) is 3.00. The first kappa shape index (κ1) is 15.7. The van der Waals surface area contributed by atoms with Gasteiger partial charge >= 0.3 is 0 Å². The van der Waals surface area contributed by atoms with Crippen molar-refractivity contribution in [3.8, 4) is 23.8 Å². The van der Waals surface area contributed by atoms with Gasteiger partial charge in [-0.2, -0.15) is 0 Å². The van der Waals surface area contributed by atoms with Crippen LogP contribution in [0.4, 0.5) is 0 Å². The molecule has 3 heteroatoms. The van der Waals surface area contributed by atoms with Gasteiger partial charge in [0.15, 0.2) is 0 Å². The first-order valence-electron chi connectivity index (χ1n) is 7.55. The number of rotatable bonds is 7. The van der Waals surface area contributed by atoms with E-state index in [0.29, 0.717) is 6.61 Å². The lowest BCUT2D eigenvalue weighted by molar-refractivity contribution is 0.00345. The van der Waals surface area contributed by atoms with Crippen molar-refractivity contribution in [2.45, 2.75) is 44.1 Å². The first-order chi connectivity index (χ1) is 10.2. The van der Waals surface area contributed by atoms with Gasteiger partial charge in [0.05, 0.1) is 14.2 Å². The smallest absolute Gasteiger partial charge is 0.128 e. The quantitative estimate of drug-likeness (QED) is 0.567. The number of terminal acetylenes is 1. The molecule has 0 atom stereocenters. The number of hydrogen-bond donors (Lipinski definition) is 0. The van der Waals surface area contributed by atoms with Crippen molar-refractivity contribution in [3.05, 3.63) is 23.8 Å². The number of hydrogen-bond acceptors (Lipinski definition) is 3. The molecular weight excluding hydrogens is 264 g/mol. The standard InChI is InChI=1S/C18H24O3/c1-4-18(11-5-6-12-18)21-13-7-8-15-14-16(19-2)9-10-17(15)20-3/h1,9-10,14H,5-8,11-13H2,2-3H3.